The Morgan fingerprint density at radius 2 is 0.820 bits per heavy atom. The van der Waals surface area contributed by atoms with Crippen molar-refractivity contribution in [2.75, 3.05) is 65.9 Å². The van der Waals surface area contributed by atoms with E-state index < -0.39 is 35.9 Å². The number of carboxylic acid groups (broad SMARTS) is 3. The molecule has 0 bridgehead atoms. The van der Waals surface area contributed by atoms with Gasteiger partial charge < -0.3 is 55.5 Å². The normalized spacial score (nSPS) is 12.0. The predicted molar refractivity (Wildman–Crippen MR) is 224 cm³/mol. The number of hydrogen-bond acceptors (Lipinski definition) is 12. The molecule has 0 aliphatic rings. The summed E-state index contributed by atoms with van der Waals surface area (Å²) in [4.78, 5) is 92.8. The topological polar surface area (TPSA) is 282 Å². The Kier molecular flexibility index (Phi) is 37.2. The fourth-order valence-corrected chi connectivity index (χ4v) is 5.99. The van der Waals surface area contributed by atoms with Crippen LogP contribution < -0.4 is 21.3 Å². The number of nitrogens with one attached hydrogen (secondary N) is 4. The lowest BCUT2D eigenvalue weighted by Gasteiger charge is -2.15. The largest absolute Gasteiger partial charge is 0.481 e. The fraction of sp³-hybridized carbons (Fsp3) is 0.810. The minimum Gasteiger partial charge on any atom is -0.481 e. The molecule has 0 aliphatic carbocycles. The number of ketones is 1. The summed E-state index contributed by atoms with van der Waals surface area (Å²) in [7, 11) is 0. The molecular weight excluding hydrogens is 800 g/mol. The van der Waals surface area contributed by atoms with Crippen molar-refractivity contribution in [1.29, 1.82) is 0 Å². The molecule has 7 N–H and O–H groups in total. The summed E-state index contributed by atoms with van der Waals surface area (Å²) in [5.41, 5.74) is 0. The molecule has 0 aliphatic heterocycles. The van der Waals surface area contributed by atoms with Crippen LogP contribution in [0.1, 0.15) is 142 Å². The van der Waals surface area contributed by atoms with Gasteiger partial charge in [0.15, 0.2) is 5.78 Å². The van der Waals surface area contributed by atoms with Crippen LogP contribution in [-0.2, 0) is 57.3 Å². The van der Waals surface area contributed by atoms with Gasteiger partial charge in [-0.2, -0.15) is 0 Å². The third kappa shape index (κ3) is 39.7. The Labute approximate surface area is 360 Å². The Morgan fingerprint density at radius 3 is 1.30 bits per heavy atom. The second-order valence-corrected chi connectivity index (χ2v) is 14.9. The second-order valence-electron chi connectivity index (χ2n) is 14.9. The van der Waals surface area contributed by atoms with E-state index in [2.05, 4.69) is 21.3 Å². The minimum absolute atomic E-state index is 0.0393. The average Bonchev–Trinajstić information content (AvgIpc) is 3.20. The van der Waals surface area contributed by atoms with E-state index in [1.165, 1.54) is 45.4 Å². The molecule has 0 saturated carbocycles. The fourth-order valence-electron chi connectivity index (χ4n) is 5.99. The monoisotopic (exact) mass is 875 g/mol. The molecule has 0 aromatic heterocycles. The standard InChI is InChI=1S/C42H74N4O15/c1-33(47)34(17-16-20-41(54)55)45-39(51)32-61-30-28-59-26-24-44-38(50)31-60-29-27-58-25-23-43-36(48)22-21-35(42(56)57)46-37(49)18-14-12-10-8-6-4-2-3-5-7-9-11-13-15-19-40(52)53/h34-35H,2-32H2,1H3,(H,43,48)(H,44,50)(H,45,51)(H,46,49)(H,52,53)(H,54,55)(H,56,57). The number of carbonyl (C=O) groups is 8. The van der Waals surface area contributed by atoms with Crippen molar-refractivity contribution in [1.82, 2.24) is 21.3 Å². The Bertz CT molecular complexity index is 1250. The first-order valence-corrected chi connectivity index (χ1v) is 21.9. The first kappa shape index (κ1) is 56.8. The quantitative estimate of drug-likeness (QED) is 0.0433. The summed E-state index contributed by atoms with van der Waals surface area (Å²) in [5, 5.41) is 37.2. The lowest BCUT2D eigenvalue weighted by molar-refractivity contribution is -0.142. The number of carbonyl (C=O) groups excluding carboxylic acids is 5. The molecule has 0 saturated heterocycles. The van der Waals surface area contributed by atoms with Crippen molar-refractivity contribution >= 4 is 47.3 Å². The summed E-state index contributed by atoms with van der Waals surface area (Å²) in [6, 6.07) is -1.92. The molecule has 61 heavy (non-hydrogen) atoms. The van der Waals surface area contributed by atoms with Gasteiger partial charge in [0.1, 0.15) is 19.3 Å². The Hall–Kier alpha value is -4.20. The van der Waals surface area contributed by atoms with Gasteiger partial charge in [0.2, 0.25) is 23.6 Å². The molecule has 0 aromatic carbocycles. The van der Waals surface area contributed by atoms with E-state index >= 15 is 0 Å². The van der Waals surface area contributed by atoms with Crippen LogP contribution in [0.15, 0.2) is 0 Å². The van der Waals surface area contributed by atoms with Crippen molar-refractivity contribution in [2.24, 2.45) is 0 Å². The highest BCUT2D eigenvalue weighted by atomic mass is 16.5. The molecule has 0 aromatic rings. The van der Waals surface area contributed by atoms with Gasteiger partial charge in [-0.3, -0.25) is 33.6 Å². The summed E-state index contributed by atoms with van der Waals surface area (Å²) in [5.74, 6) is -4.72. The van der Waals surface area contributed by atoms with E-state index in [0.29, 0.717) is 6.42 Å². The smallest absolute Gasteiger partial charge is 0.326 e. The predicted octanol–water partition coefficient (Wildman–Crippen LogP) is 3.29. The van der Waals surface area contributed by atoms with Gasteiger partial charge in [0, 0.05) is 38.8 Å². The SMILES string of the molecule is CC(=O)C(CCCC(=O)O)NC(=O)COCCOCCNC(=O)COCCOCCNC(=O)CCC(NC(=O)CCCCCCCCCCCCCCCCC(=O)O)C(=O)O. The molecule has 352 valence electrons. The third-order valence-corrected chi connectivity index (χ3v) is 9.39. The summed E-state index contributed by atoms with van der Waals surface area (Å²) >= 11 is 0. The molecule has 0 spiro atoms. The van der Waals surface area contributed by atoms with Crippen LogP contribution in [0, 0.1) is 0 Å². The van der Waals surface area contributed by atoms with Crippen molar-refractivity contribution < 1.29 is 72.6 Å². The van der Waals surface area contributed by atoms with Crippen LogP contribution in [0.2, 0.25) is 0 Å². The van der Waals surface area contributed by atoms with Gasteiger partial charge in [-0.05, 0) is 39.0 Å². The molecule has 0 fully saturated rings. The number of ether oxygens (including phenoxy) is 4. The maximum Gasteiger partial charge on any atom is 0.326 e. The lowest BCUT2D eigenvalue weighted by Crippen LogP contribution is -2.41. The van der Waals surface area contributed by atoms with Crippen LogP contribution in [0.4, 0.5) is 0 Å². The molecule has 0 rings (SSSR count). The van der Waals surface area contributed by atoms with Crippen molar-refractivity contribution in [3.63, 3.8) is 0 Å². The van der Waals surface area contributed by atoms with Gasteiger partial charge in [-0.1, -0.05) is 77.0 Å². The first-order valence-electron chi connectivity index (χ1n) is 21.9. The molecule has 0 heterocycles. The van der Waals surface area contributed by atoms with Gasteiger partial charge in [0.05, 0.1) is 45.7 Å². The van der Waals surface area contributed by atoms with Crippen LogP contribution in [0.5, 0.6) is 0 Å². The van der Waals surface area contributed by atoms with Crippen molar-refractivity contribution in [3.8, 4) is 0 Å². The van der Waals surface area contributed by atoms with Crippen LogP contribution in [0.25, 0.3) is 0 Å². The van der Waals surface area contributed by atoms with Gasteiger partial charge in [-0.15, -0.1) is 0 Å². The average molecular weight is 875 g/mol. The van der Waals surface area contributed by atoms with E-state index in [-0.39, 0.29) is 134 Å². The van der Waals surface area contributed by atoms with Crippen LogP contribution in [-0.4, -0.2) is 141 Å². The number of amides is 4. The third-order valence-electron chi connectivity index (χ3n) is 9.39. The molecular formula is C42H74N4O15. The van der Waals surface area contributed by atoms with Crippen molar-refractivity contribution in [3.05, 3.63) is 0 Å². The summed E-state index contributed by atoms with van der Waals surface area (Å²) in [6.45, 7) is 2.22. The molecule has 4 amide bonds. The van der Waals surface area contributed by atoms with E-state index in [4.69, 9.17) is 29.2 Å². The number of unbranched alkanes of at least 4 members (excludes halogenated alkanes) is 13. The highest BCUT2D eigenvalue weighted by Gasteiger charge is 2.21. The first-order chi connectivity index (χ1) is 29.3. The zero-order valence-electron chi connectivity index (χ0n) is 36.3. The number of aliphatic carboxylic acids is 3. The van der Waals surface area contributed by atoms with Crippen LogP contribution >= 0.6 is 0 Å². The summed E-state index contributed by atoms with van der Waals surface area (Å²) < 4.78 is 21.2. The maximum atomic E-state index is 12.3. The number of Topliss-reactive ketones (excluding diaryl/α,β-unsaturated/α-hetero) is 1. The zero-order valence-corrected chi connectivity index (χ0v) is 36.3. The molecule has 2 unspecified atom stereocenters. The number of hydrogen-bond donors (Lipinski definition) is 7. The van der Waals surface area contributed by atoms with E-state index in [0.717, 1.165) is 44.9 Å². The highest BCUT2D eigenvalue weighted by molar-refractivity contribution is 5.88. The van der Waals surface area contributed by atoms with E-state index in [1.54, 1.807) is 0 Å². The Balaban J connectivity index is 3.73. The molecule has 19 nitrogen and oxygen atoms in total. The molecule has 19 heteroatoms. The van der Waals surface area contributed by atoms with Crippen molar-refractivity contribution in [2.45, 2.75) is 154 Å². The van der Waals surface area contributed by atoms with E-state index in [9.17, 15) is 43.5 Å². The second kappa shape index (κ2) is 39.9. The maximum absolute atomic E-state index is 12.3. The van der Waals surface area contributed by atoms with Gasteiger partial charge >= 0.3 is 17.9 Å². The van der Waals surface area contributed by atoms with Gasteiger partial charge in [-0.25, -0.2) is 4.79 Å². The summed E-state index contributed by atoms with van der Waals surface area (Å²) in [6.07, 6.45) is 15.7. The minimum atomic E-state index is -1.19. The van der Waals surface area contributed by atoms with E-state index in [1.807, 2.05) is 0 Å². The van der Waals surface area contributed by atoms with Crippen LogP contribution in [0.3, 0.4) is 0 Å². The Morgan fingerprint density at radius 1 is 0.410 bits per heavy atom. The number of carboxylic acids is 3. The highest BCUT2D eigenvalue weighted by Crippen LogP contribution is 2.14. The van der Waals surface area contributed by atoms with Gasteiger partial charge in [0.25, 0.3) is 0 Å². The molecule has 2 atom stereocenters. The number of rotatable bonds is 44. The lowest BCUT2D eigenvalue weighted by atomic mass is 10.0. The zero-order chi connectivity index (χ0) is 45.4. The molecule has 0 radical (unpaired) electrons.